The maximum absolute atomic E-state index is 9.57. The molecule has 0 aliphatic rings. The van der Waals surface area contributed by atoms with Gasteiger partial charge in [0.2, 0.25) is 0 Å². The highest BCUT2D eigenvalue weighted by molar-refractivity contribution is 6.14. The van der Waals surface area contributed by atoms with Gasteiger partial charge in [-0.15, -0.1) is 0 Å². The first-order valence-electron chi connectivity index (χ1n) is 37.9. The fourth-order valence-corrected chi connectivity index (χ4v) is 16.3. The minimum absolute atomic E-state index is 0.653. The third kappa shape index (κ3) is 12.5. The van der Waals surface area contributed by atoms with E-state index in [2.05, 4.69) is 361 Å². The van der Waals surface area contributed by atoms with Gasteiger partial charge in [-0.2, -0.15) is 15.8 Å². The fourth-order valence-electron chi connectivity index (χ4n) is 16.3. The van der Waals surface area contributed by atoms with Gasteiger partial charge in [-0.05, 0) is 222 Å². The van der Waals surface area contributed by atoms with Gasteiger partial charge in [0.15, 0.2) is 0 Å². The minimum Gasteiger partial charge on any atom is -0.310 e. The van der Waals surface area contributed by atoms with E-state index < -0.39 is 0 Å². The van der Waals surface area contributed by atoms with Gasteiger partial charge in [0, 0.05) is 112 Å². The summed E-state index contributed by atoms with van der Waals surface area (Å²) >= 11 is 0. The summed E-state index contributed by atoms with van der Waals surface area (Å²) < 4.78 is 9.24. The van der Waals surface area contributed by atoms with Gasteiger partial charge in [-0.1, -0.05) is 200 Å². The van der Waals surface area contributed by atoms with Crippen molar-refractivity contribution in [3.8, 4) is 63.2 Å². The van der Waals surface area contributed by atoms with Crippen LogP contribution in [0.4, 0.5) is 34.1 Å². The summed E-state index contributed by atoms with van der Waals surface area (Å²) in [5.74, 6) is 0. The standard InChI is InChI=1S/2C37H25N3.C30H18N4/c38-26-28-11-7-8-16-33(28)27-19-21-31(22-20-27)40-36-18-10-9-17-34(36)35-25-32(23-24-37(35)40)39(29-12-3-1-4-13-29)30-14-5-2-6-15-30;38-26-27-15-17-28(18-16-27)29-19-21-32(22-20-29)40-36-14-8-7-13-34(36)35-25-33(23-24-37(35)40)39(30-9-3-1-4-10-30)31-11-5-2-6-12-31;31-18-20-9-11-21(12-10-20)33-29-14-13-22(17-25(29)26-19-32-16-15-30(26)33)34-27-7-3-1-5-23(27)24-6-2-4-8-28(24)34/h2*1-25H;1-17,19H. The van der Waals surface area contributed by atoms with Crippen LogP contribution in [0.3, 0.4) is 0 Å². The van der Waals surface area contributed by atoms with Crippen LogP contribution in [-0.2, 0) is 0 Å². The van der Waals surface area contributed by atoms with Crippen molar-refractivity contribution in [2.45, 2.75) is 0 Å². The largest absolute Gasteiger partial charge is 0.310 e. The molecule has 0 saturated carbocycles. The van der Waals surface area contributed by atoms with Crippen LogP contribution in [0.25, 0.3) is 132 Å². The van der Waals surface area contributed by atoms with Crippen molar-refractivity contribution < 1.29 is 0 Å². The number of fused-ring (bicyclic) bond motifs is 12. The average molecular weight is 1460 g/mol. The molecule has 21 aromatic rings. The Morgan fingerprint density at radius 3 is 0.947 bits per heavy atom. The summed E-state index contributed by atoms with van der Waals surface area (Å²) in [4.78, 5) is 9.03. The lowest BCUT2D eigenvalue weighted by Gasteiger charge is -2.25. The number of para-hydroxylation sites is 8. The summed E-state index contributed by atoms with van der Waals surface area (Å²) in [5, 5.41) is 37.5. The predicted molar refractivity (Wildman–Crippen MR) is 469 cm³/mol. The molecule has 0 N–H and O–H groups in total. The first-order chi connectivity index (χ1) is 56.4. The Hall–Kier alpha value is -16.1. The molecule has 16 aromatic carbocycles. The second-order valence-electron chi connectivity index (χ2n) is 28.0. The molecule has 534 valence electrons. The lowest BCUT2D eigenvalue weighted by Crippen LogP contribution is -2.09. The van der Waals surface area contributed by atoms with E-state index in [1.54, 1.807) is 0 Å². The molecule has 21 rings (SSSR count). The Morgan fingerprint density at radius 1 is 0.219 bits per heavy atom. The topological polar surface area (TPSA) is 110 Å². The fraction of sp³-hybridized carbons (Fsp3) is 0. The molecule has 5 heterocycles. The summed E-state index contributed by atoms with van der Waals surface area (Å²) in [6.07, 6.45) is 3.77. The van der Waals surface area contributed by atoms with Crippen molar-refractivity contribution in [3.63, 3.8) is 0 Å². The van der Waals surface area contributed by atoms with Crippen LogP contribution in [0.2, 0.25) is 0 Å². The highest BCUT2D eigenvalue weighted by Gasteiger charge is 2.22. The monoisotopic (exact) mass is 1460 g/mol. The predicted octanol–water partition coefficient (Wildman–Crippen LogP) is 26.7. The van der Waals surface area contributed by atoms with Crippen molar-refractivity contribution >= 4 is 121 Å². The van der Waals surface area contributed by atoms with Gasteiger partial charge in [0.1, 0.15) is 0 Å². The van der Waals surface area contributed by atoms with Crippen LogP contribution in [0.5, 0.6) is 0 Å². The first-order valence-corrected chi connectivity index (χ1v) is 37.9. The van der Waals surface area contributed by atoms with E-state index in [1.807, 2.05) is 103 Å². The second kappa shape index (κ2) is 29.8. The first kappa shape index (κ1) is 68.5. The number of nitriles is 3. The Kier molecular flexibility index (Phi) is 17.9. The minimum atomic E-state index is 0.653. The van der Waals surface area contributed by atoms with Gasteiger partial charge in [-0.25, -0.2) is 0 Å². The lowest BCUT2D eigenvalue weighted by molar-refractivity contribution is 1.16. The zero-order valence-corrected chi connectivity index (χ0v) is 61.7. The van der Waals surface area contributed by atoms with Gasteiger partial charge in [0.25, 0.3) is 0 Å². The Labute approximate surface area is 658 Å². The van der Waals surface area contributed by atoms with Gasteiger partial charge < -0.3 is 28.1 Å². The van der Waals surface area contributed by atoms with E-state index in [9.17, 15) is 10.5 Å². The Balaban J connectivity index is 0.000000115. The number of anilines is 6. The molecule has 0 aliphatic carbocycles. The van der Waals surface area contributed by atoms with Crippen molar-refractivity contribution in [2.75, 3.05) is 9.80 Å². The number of rotatable bonds is 12. The number of hydrogen-bond acceptors (Lipinski definition) is 6. The van der Waals surface area contributed by atoms with Crippen molar-refractivity contribution in [3.05, 3.63) is 429 Å². The van der Waals surface area contributed by atoms with Crippen LogP contribution in [0.15, 0.2) is 413 Å². The third-order valence-electron chi connectivity index (χ3n) is 21.5. The molecule has 0 radical (unpaired) electrons. The number of nitrogens with zero attached hydrogens (tertiary/aromatic N) is 10. The number of aromatic nitrogens is 5. The maximum Gasteiger partial charge on any atom is 0.0998 e. The number of hydrogen-bond donors (Lipinski definition) is 0. The number of benzene rings is 16. The molecule has 10 nitrogen and oxygen atoms in total. The molecule has 114 heavy (non-hydrogen) atoms. The van der Waals surface area contributed by atoms with E-state index in [0.717, 1.165) is 117 Å². The van der Waals surface area contributed by atoms with Crippen molar-refractivity contribution in [2.24, 2.45) is 0 Å². The zero-order valence-electron chi connectivity index (χ0n) is 61.7. The van der Waals surface area contributed by atoms with Crippen LogP contribution < -0.4 is 9.80 Å². The molecular weight excluding hydrogens is 1390 g/mol. The van der Waals surface area contributed by atoms with E-state index in [1.165, 1.54) is 48.9 Å². The summed E-state index contributed by atoms with van der Waals surface area (Å²) in [5.41, 5.74) is 26.5. The van der Waals surface area contributed by atoms with E-state index in [-0.39, 0.29) is 0 Å². The Bertz CT molecular complexity index is 7160. The van der Waals surface area contributed by atoms with Crippen LogP contribution in [0.1, 0.15) is 16.7 Å². The van der Waals surface area contributed by atoms with Gasteiger partial charge >= 0.3 is 0 Å². The number of pyridine rings is 1. The van der Waals surface area contributed by atoms with Crippen molar-refractivity contribution in [1.29, 1.82) is 15.8 Å². The summed E-state index contributed by atoms with van der Waals surface area (Å²) in [7, 11) is 0. The lowest BCUT2D eigenvalue weighted by atomic mass is 10.0. The second-order valence-corrected chi connectivity index (χ2v) is 28.0. The molecule has 0 aliphatic heterocycles. The summed E-state index contributed by atoms with van der Waals surface area (Å²) in [6, 6.07) is 146. The third-order valence-corrected chi connectivity index (χ3v) is 21.5. The molecule has 0 saturated heterocycles. The quantitative estimate of drug-likeness (QED) is 0.120. The molecule has 0 unspecified atom stereocenters. The van der Waals surface area contributed by atoms with Gasteiger partial charge in [0.05, 0.1) is 79.0 Å². The normalized spacial score (nSPS) is 11.1. The molecular formula is C104H68N10. The molecule has 0 fully saturated rings. The van der Waals surface area contributed by atoms with E-state index in [0.29, 0.717) is 16.7 Å². The molecule has 0 atom stereocenters. The molecule has 10 heteroatoms. The maximum atomic E-state index is 9.57. The highest BCUT2D eigenvalue weighted by Crippen LogP contribution is 2.44. The smallest absolute Gasteiger partial charge is 0.0998 e. The zero-order chi connectivity index (χ0) is 76.4. The molecule has 0 amide bonds. The van der Waals surface area contributed by atoms with Gasteiger partial charge in [-0.3, -0.25) is 4.98 Å². The molecule has 0 bridgehead atoms. The highest BCUT2D eigenvalue weighted by atomic mass is 15.2. The van der Waals surface area contributed by atoms with Crippen LogP contribution >= 0.6 is 0 Å². The van der Waals surface area contributed by atoms with Crippen LogP contribution in [0, 0.1) is 34.0 Å². The Morgan fingerprint density at radius 2 is 0.526 bits per heavy atom. The van der Waals surface area contributed by atoms with Crippen molar-refractivity contribution in [1.82, 2.24) is 23.3 Å². The van der Waals surface area contributed by atoms with Crippen LogP contribution in [-0.4, -0.2) is 23.3 Å². The van der Waals surface area contributed by atoms with E-state index in [4.69, 9.17) is 5.26 Å². The SMILES string of the molecule is N#Cc1ccc(-c2ccc(-n3c4ccccc4c4cc(N(c5ccccc5)c5ccccc5)ccc43)cc2)cc1.N#Cc1ccc(-n2c3ccncc3c3cc(-n4c5ccccc5c5ccccc54)ccc32)cc1.N#Cc1ccccc1-c1ccc(-n2c3ccccc3c3cc(N(c4ccccc4)c4ccccc4)ccc32)cc1. The molecule has 0 spiro atoms. The summed E-state index contributed by atoms with van der Waals surface area (Å²) in [6.45, 7) is 0. The molecule has 5 aromatic heterocycles. The average Bonchev–Trinajstić information content (AvgIpc) is 1.59. The van der Waals surface area contributed by atoms with E-state index >= 15 is 0 Å².